The number of quaternary nitrogens is 1. The first-order valence-corrected chi connectivity index (χ1v) is 15.1. The number of amides is 1. The molecule has 47 heavy (non-hydrogen) atoms. The number of nitrogens with zero attached hydrogens (tertiary/aromatic N) is 8. The smallest absolute Gasteiger partial charge is 0.391 e. The molecule has 1 amide bonds. The van der Waals surface area contributed by atoms with E-state index in [-0.39, 0.29) is 18.3 Å². The number of halogens is 1. The van der Waals surface area contributed by atoms with Crippen LogP contribution in [-0.4, -0.2) is 65.4 Å². The van der Waals surface area contributed by atoms with Crippen LogP contribution in [0, 0.1) is 10.1 Å². The average Bonchev–Trinajstić information content (AvgIpc) is 3.35. The zero-order valence-corrected chi connectivity index (χ0v) is 27.1. The van der Waals surface area contributed by atoms with Crippen LogP contribution in [0.15, 0.2) is 73.3 Å². The van der Waals surface area contributed by atoms with Crippen LogP contribution in [0.3, 0.4) is 0 Å². The molecule has 15 heteroatoms. The number of carbonyl (C=O) groups is 1. The van der Waals surface area contributed by atoms with E-state index >= 15 is 0 Å². The maximum atomic E-state index is 12.8. The summed E-state index contributed by atoms with van der Waals surface area (Å²) in [5, 5.41) is 18.7. The van der Waals surface area contributed by atoms with Crippen LogP contribution < -0.4 is 15.4 Å². The van der Waals surface area contributed by atoms with Gasteiger partial charge in [0.1, 0.15) is 36.9 Å². The van der Waals surface area contributed by atoms with Crippen molar-refractivity contribution in [3.8, 4) is 5.75 Å². The number of pyridine rings is 2. The van der Waals surface area contributed by atoms with E-state index in [0.29, 0.717) is 74.5 Å². The maximum Gasteiger partial charge on any atom is 0.391 e. The largest absolute Gasteiger partial charge is 0.486 e. The van der Waals surface area contributed by atoms with E-state index < -0.39 is 4.92 Å². The normalized spacial score (nSPS) is 11.6. The number of fused-ring (bicyclic) bond motifs is 1. The number of hydrogen-bond acceptors (Lipinski definition) is 10. The Morgan fingerprint density at radius 2 is 1.98 bits per heavy atom. The molecule has 5 rings (SSSR count). The van der Waals surface area contributed by atoms with Gasteiger partial charge in [-0.3, -0.25) is 9.78 Å². The molecule has 2 N–H and O–H groups in total. The molecule has 0 saturated carbocycles. The predicted molar refractivity (Wildman–Crippen MR) is 178 cm³/mol. The third kappa shape index (κ3) is 8.23. The highest BCUT2D eigenvalue weighted by Gasteiger charge is 2.30. The lowest BCUT2D eigenvalue weighted by atomic mass is 10.2. The molecule has 0 saturated heterocycles. The summed E-state index contributed by atoms with van der Waals surface area (Å²) in [6, 6.07) is 12.6. The molecule has 0 unspecified atom stereocenters. The summed E-state index contributed by atoms with van der Waals surface area (Å²) in [6.45, 7) is 3.00. The fourth-order valence-corrected chi connectivity index (χ4v) is 5.12. The number of ether oxygens (including phenoxy) is 1. The van der Waals surface area contributed by atoms with Gasteiger partial charge in [-0.05, 0) is 52.4 Å². The monoisotopic (exact) mass is 657 g/mol. The van der Waals surface area contributed by atoms with Crippen LogP contribution in [0.5, 0.6) is 5.75 Å². The summed E-state index contributed by atoms with van der Waals surface area (Å²) >= 11 is 6.49. The van der Waals surface area contributed by atoms with Gasteiger partial charge >= 0.3 is 5.82 Å². The molecule has 0 fully saturated rings. The first kappa shape index (κ1) is 32.9. The molecular weight excluding hydrogens is 624 g/mol. The Labute approximate surface area is 275 Å². The lowest BCUT2D eigenvalue weighted by Gasteiger charge is -2.28. The number of aromatic nitrogens is 6. The van der Waals surface area contributed by atoms with E-state index in [1.807, 2.05) is 45.3 Å². The topological polar surface area (TPSA) is 163 Å². The third-order valence-electron chi connectivity index (χ3n) is 7.29. The van der Waals surface area contributed by atoms with Gasteiger partial charge in [0.25, 0.3) is 0 Å². The molecule has 0 aliphatic rings. The molecule has 4 aromatic heterocycles. The fourth-order valence-electron chi connectivity index (χ4n) is 4.88. The zero-order chi connectivity index (χ0) is 33.6. The zero-order valence-electron chi connectivity index (χ0n) is 26.3. The molecule has 0 bridgehead atoms. The molecule has 14 nitrogen and oxygen atoms in total. The standard InChI is InChI=1S/C32H33ClN10O4/c1-5-29-40-32(42(45)46)26(41(29)2)18-43(3,4)14-8-10-30(44)39-28-16-23-25(17-35-28)36-20-37-31(23)38-21-11-12-27(24(33)15-21)47-19-22-9-6-7-13-34-22/h6-13,15-17,20H,5,14,18-19H2,1-4H3,(H-,35,36,37,38,39,44)/p+1/b10-8+. The SMILES string of the molecule is CCc1nc([N+](=O)[O-])c(C[N+](C)(C)C/C=C/C(=O)Nc2cc3c(Nc4ccc(OCc5ccccn5)c(Cl)c4)ncnc3cn2)n1C. The molecule has 4 heterocycles. The Balaban J connectivity index is 1.23. The Bertz CT molecular complexity index is 1950. The lowest BCUT2D eigenvalue weighted by molar-refractivity contribution is -0.898. The number of likely N-dealkylation sites (N-methyl/N-ethyl adjacent to an activating group) is 1. The molecule has 0 atom stereocenters. The summed E-state index contributed by atoms with van der Waals surface area (Å²) in [5.41, 5.74) is 2.57. The Kier molecular flexibility index (Phi) is 10.0. The molecule has 1 aromatic carbocycles. The summed E-state index contributed by atoms with van der Waals surface area (Å²) < 4.78 is 7.96. The second kappa shape index (κ2) is 14.3. The van der Waals surface area contributed by atoms with Crippen molar-refractivity contribution in [3.63, 3.8) is 0 Å². The molecule has 242 valence electrons. The second-order valence-electron chi connectivity index (χ2n) is 11.3. The highest BCUT2D eigenvalue weighted by molar-refractivity contribution is 6.32. The van der Waals surface area contributed by atoms with Crippen molar-refractivity contribution < 1.29 is 18.9 Å². The van der Waals surface area contributed by atoms with Crippen molar-refractivity contribution >= 4 is 51.6 Å². The number of imidazole rings is 1. The Morgan fingerprint density at radius 1 is 1.15 bits per heavy atom. The van der Waals surface area contributed by atoms with Crippen LogP contribution in [0.25, 0.3) is 10.9 Å². The highest BCUT2D eigenvalue weighted by Crippen LogP contribution is 2.31. The van der Waals surface area contributed by atoms with E-state index in [1.54, 1.807) is 48.3 Å². The number of nitrogens with one attached hydrogen (secondary N) is 2. The van der Waals surface area contributed by atoms with E-state index in [2.05, 4.69) is 35.6 Å². The van der Waals surface area contributed by atoms with Gasteiger partial charge in [-0.15, -0.1) is 0 Å². The predicted octanol–water partition coefficient (Wildman–Crippen LogP) is 5.37. The van der Waals surface area contributed by atoms with Crippen LogP contribution >= 0.6 is 11.6 Å². The van der Waals surface area contributed by atoms with Crippen LogP contribution in [0.4, 0.5) is 23.1 Å². The van der Waals surface area contributed by atoms with Crippen molar-refractivity contribution in [1.82, 2.24) is 29.5 Å². The van der Waals surface area contributed by atoms with Crippen molar-refractivity contribution in [3.05, 3.63) is 106 Å². The minimum Gasteiger partial charge on any atom is -0.486 e. The maximum absolute atomic E-state index is 12.8. The first-order chi connectivity index (χ1) is 22.5. The van der Waals surface area contributed by atoms with Crippen molar-refractivity contribution in [2.75, 3.05) is 31.3 Å². The summed E-state index contributed by atoms with van der Waals surface area (Å²) in [5.74, 6) is 1.46. The van der Waals surface area contributed by atoms with E-state index in [4.69, 9.17) is 16.3 Å². The Morgan fingerprint density at radius 3 is 2.70 bits per heavy atom. The average molecular weight is 658 g/mol. The number of aryl methyl sites for hydroxylation is 1. The summed E-state index contributed by atoms with van der Waals surface area (Å²) in [6.07, 6.45) is 8.40. The van der Waals surface area contributed by atoms with Gasteiger partial charge in [0.15, 0.2) is 5.69 Å². The fraction of sp³-hybridized carbons (Fsp3) is 0.250. The van der Waals surface area contributed by atoms with Crippen molar-refractivity contribution in [2.24, 2.45) is 7.05 Å². The number of nitro groups is 1. The quantitative estimate of drug-likeness (QED) is 0.0728. The van der Waals surface area contributed by atoms with Crippen LogP contribution in [0.1, 0.15) is 24.1 Å². The van der Waals surface area contributed by atoms with Crippen molar-refractivity contribution in [1.29, 1.82) is 0 Å². The number of benzene rings is 1. The van der Waals surface area contributed by atoms with E-state index in [9.17, 15) is 14.9 Å². The van der Waals surface area contributed by atoms with Gasteiger partial charge in [0, 0.05) is 36.8 Å². The van der Waals surface area contributed by atoms with Gasteiger partial charge in [0.2, 0.25) is 11.7 Å². The number of rotatable bonds is 13. The number of hydrogen-bond donors (Lipinski definition) is 2. The summed E-state index contributed by atoms with van der Waals surface area (Å²) in [7, 11) is 5.64. The van der Waals surface area contributed by atoms with Crippen molar-refractivity contribution in [2.45, 2.75) is 26.5 Å². The van der Waals surface area contributed by atoms with Crippen LogP contribution in [0.2, 0.25) is 5.02 Å². The Hall–Kier alpha value is -5.47. The molecular formula is C32H34ClN10O4+. The highest BCUT2D eigenvalue weighted by atomic mass is 35.5. The first-order valence-electron chi connectivity index (χ1n) is 14.7. The molecule has 0 aliphatic carbocycles. The van der Waals surface area contributed by atoms with Crippen LogP contribution in [-0.2, 0) is 31.4 Å². The molecule has 0 radical (unpaired) electrons. The molecule has 5 aromatic rings. The lowest BCUT2D eigenvalue weighted by Crippen LogP contribution is -2.39. The number of anilines is 3. The van der Waals surface area contributed by atoms with Gasteiger partial charge < -0.3 is 34.5 Å². The van der Waals surface area contributed by atoms with Gasteiger partial charge in [-0.2, -0.15) is 0 Å². The molecule has 0 aliphatic heterocycles. The van der Waals surface area contributed by atoms with E-state index in [0.717, 1.165) is 5.69 Å². The van der Waals surface area contributed by atoms with Gasteiger partial charge in [0.05, 0.1) is 43.1 Å². The molecule has 0 spiro atoms. The van der Waals surface area contributed by atoms with E-state index in [1.165, 1.54) is 12.4 Å². The van der Waals surface area contributed by atoms with Gasteiger partial charge in [-0.25, -0.2) is 15.0 Å². The van der Waals surface area contributed by atoms with Gasteiger partial charge in [-0.1, -0.05) is 24.6 Å². The third-order valence-corrected chi connectivity index (χ3v) is 7.59. The summed E-state index contributed by atoms with van der Waals surface area (Å²) in [4.78, 5) is 45.3. The second-order valence-corrected chi connectivity index (χ2v) is 11.7. The minimum atomic E-state index is -0.452. The minimum absolute atomic E-state index is 0.136. The number of carbonyl (C=O) groups excluding carboxylic acids is 1.